The Morgan fingerprint density at radius 3 is 1.41 bits per heavy atom. The van der Waals surface area contributed by atoms with Crippen LogP contribution in [0.1, 0.15) is 41.4 Å². The molecule has 17 N–H and O–H groups in total. The van der Waals surface area contributed by atoms with E-state index in [9.17, 15) is 62.0 Å². The maximum Gasteiger partial charge on any atom is 1.00 e. The Morgan fingerprint density at radius 1 is 0.516 bits per heavy atom. The largest absolute Gasteiger partial charge is 1.00 e. The molecule has 12 rings (SSSR count). The number of hydrogen-bond donors (Lipinski definition) is 14. The molecule has 12 aromatic rings. The van der Waals surface area contributed by atoms with Gasteiger partial charge in [0.05, 0.1) is 80.4 Å². The summed E-state index contributed by atoms with van der Waals surface area (Å²) < 4.78 is 57.9. The van der Waals surface area contributed by atoms with E-state index < -0.39 is 67.4 Å². The number of nitrogen functional groups attached to an aromatic ring is 3. The number of carbonyl (C=O) groups is 4. The van der Waals surface area contributed by atoms with Gasteiger partial charge in [0.1, 0.15) is 78.5 Å². The van der Waals surface area contributed by atoms with Crippen molar-refractivity contribution in [1.29, 1.82) is 0 Å². The van der Waals surface area contributed by atoms with Crippen LogP contribution in [0.5, 0.6) is 28.7 Å². The van der Waals surface area contributed by atoms with Crippen LogP contribution in [0.15, 0.2) is 304 Å². The van der Waals surface area contributed by atoms with Crippen molar-refractivity contribution in [2.75, 3.05) is 53.1 Å². The third kappa shape index (κ3) is 31.8. The Labute approximate surface area is 752 Å². The second-order valence-electron chi connectivity index (χ2n) is 23.1. The number of pyridine rings is 2. The van der Waals surface area contributed by atoms with Crippen molar-refractivity contribution in [3.05, 3.63) is 265 Å². The molecule has 0 spiro atoms. The Morgan fingerprint density at radius 2 is 0.951 bits per heavy atom. The van der Waals surface area contributed by atoms with Gasteiger partial charge in [-0.25, -0.2) is 37.6 Å². The minimum atomic E-state index is -4.78. The number of anilines is 5. The van der Waals surface area contributed by atoms with Crippen LogP contribution in [0, 0.1) is 0 Å². The molecule has 45 heteroatoms. The van der Waals surface area contributed by atoms with Crippen molar-refractivity contribution >= 4 is 159 Å². The van der Waals surface area contributed by atoms with E-state index in [1.54, 1.807) is 121 Å². The number of rotatable bonds is 27. The number of nitrogens with two attached hydrogens (primary N) is 3. The summed E-state index contributed by atoms with van der Waals surface area (Å²) in [6.07, 6.45) is 1.56. The number of nitrogens with zero attached hydrogens (tertiary/aromatic N) is 13. The number of azo groups is 5. The number of phenols is 4. The van der Waals surface area contributed by atoms with Gasteiger partial charge >= 0.3 is 116 Å². The fraction of sp³-hybridized carbons (Fsp3) is 0.0519. The molecule has 1 unspecified atom stereocenters. The van der Waals surface area contributed by atoms with Crippen LogP contribution in [0.4, 0.5) is 85.7 Å². The van der Waals surface area contributed by atoms with E-state index >= 15 is 0 Å². The molecule has 2 aromatic heterocycles. The van der Waals surface area contributed by atoms with Gasteiger partial charge < -0.3 is 87.2 Å². The first-order chi connectivity index (χ1) is 57.6. The van der Waals surface area contributed by atoms with Crippen LogP contribution >= 0.6 is 12.0 Å². The van der Waals surface area contributed by atoms with Gasteiger partial charge in [-0.1, -0.05) is 54.6 Å². The van der Waals surface area contributed by atoms with Gasteiger partial charge in [-0.3, -0.25) is 9.76 Å². The second kappa shape index (κ2) is 51.0. The minimum absolute atomic E-state index is 0. The Bertz CT molecular complexity index is 5770. The Balaban J connectivity index is 0.000000271. The zero-order valence-electron chi connectivity index (χ0n) is 63.7. The number of aromatic carboxylic acids is 4. The van der Waals surface area contributed by atoms with Crippen LogP contribution in [0.3, 0.4) is 0 Å². The smallest absolute Gasteiger partial charge is 1.00 e. The molecule has 0 radical (unpaired) electrons. The standard InChI is InChI=1S/C18H14N4O5S.C17H19N3O4.C16H13N3O7S2.C14H10N2O6.C11H11N5.CH2.2Na.V/c23-16-9-6-13(11-15(16)18(24)25)21-20-12-4-7-14(8-5-12)27-28(26)22-17-3-1-2-10-19-17;21-11-9-20(10-12-22)14-7-5-13(6-8-14)18-19-16-4-2-1-3-15(16)17(23)24;17-12-8-11(28(22,23)24)6-9-7-13(27-26-25-21)15(16(20)14(9)12)19-18-10-4-2-1-3-5-10;17-11-3-1-7(5-9(11)13(19)20)15-16-8-2-4-12(18)10(6-8)14(21)22;12-10-7-6-9(11(13)14-10)16-15-8-4-2-1-3-5-8;;;;/h1-11,23H,(H,19,22)(H,24,25);1-8,21-22H,9-12H2,(H,23,24);1-8,20-21H,17H2,(H,22,23,24);1-6,17-18H,(H,19,20)(H,21,22);1-7H,(H4,12,13,14);1H2;;;/q;;;;;;2*+1;/p-2. The van der Waals surface area contributed by atoms with Gasteiger partial charge in [0.15, 0.2) is 11.6 Å². The number of aromatic nitrogens is 2. The van der Waals surface area contributed by atoms with Crippen molar-refractivity contribution in [2.45, 2.75) is 9.79 Å². The normalized spacial score (nSPS) is 11.0. The number of hydrogen-bond acceptors (Lipinski definition) is 35. The van der Waals surface area contributed by atoms with Gasteiger partial charge in [0.2, 0.25) is 0 Å². The third-order valence-corrected chi connectivity index (χ3v) is 17.1. The monoisotopic (exact) mass is 1770 g/mol. The summed E-state index contributed by atoms with van der Waals surface area (Å²) in [5.41, 5.74) is 20.4. The number of aliphatic hydroxyl groups is 2. The van der Waals surface area contributed by atoms with Crippen molar-refractivity contribution in [1.82, 2.24) is 9.97 Å². The first-order valence-electron chi connectivity index (χ1n) is 33.8. The summed E-state index contributed by atoms with van der Waals surface area (Å²) in [7, 11) is -4.78. The van der Waals surface area contributed by atoms with E-state index in [0.29, 0.717) is 65.3 Å². The molecule has 122 heavy (non-hydrogen) atoms. The topological polar surface area (TPSA) is 638 Å². The van der Waals surface area contributed by atoms with Crippen LogP contribution in [0.2, 0.25) is 0 Å². The molecular weight excluding hydrogens is 1710 g/mol. The number of carboxylic acids is 4. The number of phenolic OH excluding ortho intramolecular Hbond substituents is 1. The number of fused-ring (bicyclic) bond motifs is 1. The fourth-order valence-corrected chi connectivity index (χ4v) is 11.2. The van der Waals surface area contributed by atoms with Crippen molar-refractivity contribution in [3.8, 4) is 28.7 Å². The van der Waals surface area contributed by atoms with Crippen molar-refractivity contribution < 1.29 is 182 Å². The average molecular weight is 1780 g/mol. The van der Waals surface area contributed by atoms with Gasteiger partial charge in [0.25, 0.3) is 0 Å². The number of aromatic hydroxyl groups is 4. The molecule has 0 aliphatic heterocycles. The molecule has 0 bridgehead atoms. The minimum Gasteiger partial charge on any atom is 1.00 e. The van der Waals surface area contributed by atoms with E-state index in [-0.39, 0.29) is 156 Å². The van der Waals surface area contributed by atoms with Crippen LogP contribution in [0.25, 0.3) is 10.8 Å². The molecule has 0 aliphatic carbocycles. The molecule has 1 atom stereocenters. The number of carboxylic acid groups (broad SMARTS) is 4. The molecule has 39 nitrogen and oxygen atoms in total. The Hall–Kier alpha value is -12.7. The molecule has 0 fully saturated rings. The number of benzene rings is 10. The van der Waals surface area contributed by atoms with Crippen LogP contribution in [-0.2, 0) is 47.7 Å². The SMILES string of the molecule is Nc1cc(S(=O)(=O)[O-])cc2cc(SOO[O-])c(N=Nc3ccccc3)c(O)c12.Nc1ccc(N=Nc2ccccc2)c(N)n1.O=C(O)c1cc(N=Nc2ccc(O)c(C(=O)O)c2)ccc1O.O=C(O)c1cc(N=Nc2ccc(OS(=O)Nc3ccccn3)cc2)ccc1O.O=C(O)c1ccccc1N=Nc1ccc(N(CCO)CCO)cc1.[CH2]=[V].[Na+].[Na+]. The molecule has 0 aliphatic rings. The van der Waals surface area contributed by atoms with Gasteiger partial charge in [-0.2, -0.15) is 44.3 Å². The van der Waals surface area contributed by atoms with E-state index in [2.05, 4.69) is 97.4 Å². The quantitative estimate of drug-likeness (QED) is 0.00435. The first-order valence-corrected chi connectivity index (χ1v) is 38.0. The maximum absolute atomic E-state index is 11.9. The second-order valence-corrected chi connectivity index (χ2v) is 26.1. The zero-order chi connectivity index (χ0) is 87.3. The average Bonchev–Trinajstić information content (AvgIpc) is 0.761. The fourth-order valence-electron chi connectivity index (χ4n) is 9.51. The molecular formula is C77H67N17Na2O22S3V. The maximum atomic E-state index is 11.9. The summed E-state index contributed by atoms with van der Waals surface area (Å²) in [5.74, 6) is -5.11. The predicted octanol–water partition coefficient (Wildman–Crippen LogP) is 8.78. The molecule has 0 saturated carbocycles. The van der Waals surface area contributed by atoms with E-state index in [4.69, 9.17) is 52.0 Å². The van der Waals surface area contributed by atoms with Crippen molar-refractivity contribution in [3.63, 3.8) is 0 Å². The molecule has 10 aromatic carbocycles. The van der Waals surface area contributed by atoms with Gasteiger partial charge in [-0.15, -0.1) is 15.3 Å². The van der Waals surface area contributed by atoms with Crippen LogP contribution < -0.4 is 95.4 Å². The zero-order valence-corrected chi connectivity index (χ0v) is 71.6. The van der Waals surface area contributed by atoms with E-state index in [1.165, 1.54) is 42.5 Å². The van der Waals surface area contributed by atoms with Crippen LogP contribution in [-0.4, -0.2) is 134 Å². The number of nitrogens with one attached hydrogen (secondary N) is 1. The summed E-state index contributed by atoms with van der Waals surface area (Å²) in [6.45, 7) is 0.835. The summed E-state index contributed by atoms with van der Waals surface area (Å²) in [4.78, 5) is 53.1. The molecule has 0 saturated heterocycles. The summed E-state index contributed by atoms with van der Waals surface area (Å²) >= 11 is 0.659. The number of aliphatic hydroxyl groups excluding tert-OH is 2. The molecule has 617 valence electrons. The molecule has 0 amide bonds. The van der Waals surface area contributed by atoms with Gasteiger partial charge in [0, 0.05) is 36.0 Å². The van der Waals surface area contributed by atoms with Crippen molar-refractivity contribution in [2.24, 2.45) is 51.1 Å². The first kappa shape index (κ1) is 99.9. The molecule has 2 heterocycles. The van der Waals surface area contributed by atoms with E-state index in [0.717, 1.165) is 47.8 Å². The predicted molar refractivity (Wildman–Crippen MR) is 434 cm³/mol. The summed E-state index contributed by atoms with van der Waals surface area (Å²) in [6, 6.07) is 60.7. The van der Waals surface area contributed by atoms with Gasteiger partial charge in [-0.05, 0) is 187 Å². The van der Waals surface area contributed by atoms with E-state index in [1.807, 2.05) is 47.4 Å². The summed E-state index contributed by atoms with van der Waals surface area (Å²) in [5, 5.41) is 149. The third-order valence-electron chi connectivity index (χ3n) is 15.0. The Kier molecular flexibility index (Phi) is 41.8.